The summed E-state index contributed by atoms with van der Waals surface area (Å²) in [7, 11) is 1.51. The number of aromatic hydroxyl groups is 1. The number of carbonyl (C=O) groups excluding carboxylic acids is 1. The minimum absolute atomic E-state index is 0.0475. The van der Waals surface area contributed by atoms with Gasteiger partial charge in [0.2, 0.25) is 6.79 Å². The van der Waals surface area contributed by atoms with Crippen LogP contribution in [0.25, 0.3) is 11.8 Å². The normalized spacial score (nSPS) is 16.7. The van der Waals surface area contributed by atoms with E-state index >= 15 is 0 Å². The van der Waals surface area contributed by atoms with Gasteiger partial charge in [-0.25, -0.2) is 9.79 Å². The topological polar surface area (TPSA) is 109 Å². The molecule has 9 nitrogen and oxygen atoms in total. The van der Waals surface area contributed by atoms with E-state index in [0.29, 0.717) is 37.8 Å². The predicted octanol–water partition coefficient (Wildman–Crippen LogP) is 2.35. The Labute approximate surface area is 203 Å². The van der Waals surface area contributed by atoms with Crippen LogP contribution in [0.2, 0.25) is 0 Å². The van der Waals surface area contributed by atoms with Gasteiger partial charge in [-0.15, -0.1) is 0 Å². The molecule has 35 heavy (non-hydrogen) atoms. The highest BCUT2D eigenvalue weighted by molar-refractivity contribution is 7.07. The highest BCUT2D eigenvalue weighted by Gasteiger charge is 2.33. The van der Waals surface area contributed by atoms with Crippen LogP contribution < -0.4 is 29.1 Å². The number of hydrogen-bond acceptors (Lipinski definition) is 9. The average Bonchev–Trinajstić information content (AvgIpc) is 3.43. The highest BCUT2D eigenvalue weighted by atomic mass is 32.1. The molecule has 0 fully saturated rings. The third-order valence-electron chi connectivity index (χ3n) is 5.76. The van der Waals surface area contributed by atoms with Gasteiger partial charge in [-0.3, -0.25) is 9.36 Å². The fourth-order valence-electron chi connectivity index (χ4n) is 4.08. The second kappa shape index (κ2) is 8.95. The van der Waals surface area contributed by atoms with Crippen LogP contribution in [0.4, 0.5) is 0 Å². The van der Waals surface area contributed by atoms with Crippen LogP contribution in [-0.2, 0) is 9.53 Å². The second-order valence-corrected chi connectivity index (χ2v) is 8.83. The molecule has 3 aromatic rings. The van der Waals surface area contributed by atoms with Gasteiger partial charge in [-0.05, 0) is 55.8 Å². The zero-order valence-electron chi connectivity index (χ0n) is 19.2. The number of rotatable bonds is 5. The Morgan fingerprint density at radius 2 is 2.06 bits per heavy atom. The van der Waals surface area contributed by atoms with Gasteiger partial charge >= 0.3 is 5.97 Å². The standard InChI is InChI=1S/C25H22N2O7S/c1-4-32-24(30)21-13(2)27-23(29)20(10-14-5-8-18-19(9-14)34-12-33-18)35-25(27)26-22(21)16-11-15(31-3)6-7-17(16)28/h5-11,22,28H,4,12H2,1-3H3. The maximum absolute atomic E-state index is 13.4. The minimum atomic E-state index is -0.874. The Morgan fingerprint density at radius 3 is 2.83 bits per heavy atom. The summed E-state index contributed by atoms with van der Waals surface area (Å²) in [5.41, 5.74) is 1.41. The molecule has 2 aliphatic heterocycles. The van der Waals surface area contributed by atoms with Gasteiger partial charge in [0.1, 0.15) is 17.5 Å². The quantitative estimate of drug-likeness (QED) is 0.543. The van der Waals surface area contributed by atoms with Crippen LogP contribution in [0.5, 0.6) is 23.0 Å². The third-order valence-corrected chi connectivity index (χ3v) is 6.75. The summed E-state index contributed by atoms with van der Waals surface area (Å²) in [6.45, 7) is 3.69. The van der Waals surface area contributed by atoms with Crippen molar-refractivity contribution >= 4 is 29.1 Å². The molecule has 0 radical (unpaired) electrons. The molecule has 5 rings (SSSR count). The first-order valence-electron chi connectivity index (χ1n) is 10.9. The Bertz CT molecular complexity index is 1550. The fraction of sp³-hybridized carbons (Fsp3) is 0.240. The largest absolute Gasteiger partial charge is 0.508 e. The number of methoxy groups -OCH3 is 1. The van der Waals surface area contributed by atoms with Gasteiger partial charge in [0.05, 0.1) is 23.8 Å². The number of carbonyl (C=O) groups is 1. The first kappa shape index (κ1) is 22.7. The van der Waals surface area contributed by atoms with Crippen molar-refractivity contribution in [3.63, 3.8) is 0 Å². The molecule has 180 valence electrons. The molecule has 1 N–H and O–H groups in total. The number of thiazole rings is 1. The maximum Gasteiger partial charge on any atom is 0.338 e. The Hall–Kier alpha value is -4.05. The van der Waals surface area contributed by atoms with Crippen molar-refractivity contribution in [3.8, 4) is 23.0 Å². The zero-order chi connectivity index (χ0) is 24.7. The lowest BCUT2D eigenvalue weighted by Gasteiger charge is -2.23. The van der Waals surface area contributed by atoms with Gasteiger partial charge in [-0.1, -0.05) is 17.4 Å². The molecular weight excluding hydrogens is 472 g/mol. The van der Waals surface area contributed by atoms with Gasteiger partial charge < -0.3 is 24.1 Å². The Kier molecular flexibility index (Phi) is 5.81. The van der Waals surface area contributed by atoms with Crippen LogP contribution in [-0.4, -0.2) is 36.2 Å². The molecule has 10 heteroatoms. The van der Waals surface area contributed by atoms with Crippen molar-refractivity contribution in [2.75, 3.05) is 20.5 Å². The summed E-state index contributed by atoms with van der Waals surface area (Å²) in [6.07, 6.45) is 1.74. The SMILES string of the molecule is CCOC(=O)C1=C(C)n2c(sc(=Cc3ccc4c(c3)OCO4)c2=O)=NC1c1cc(OC)ccc1O. The summed E-state index contributed by atoms with van der Waals surface area (Å²) in [5, 5.41) is 10.6. The van der Waals surface area contributed by atoms with Gasteiger partial charge in [-0.2, -0.15) is 0 Å². The minimum Gasteiger partial charge on any atom is -0.508 e. The van der Waals surface area contributed by atoms with E-state index < -0.39 is 12.0 Å². The number of benzene rings is 2. The van der Waals surface area contributed by atoms with Crippen molar-refractivity contribution in [1.82, 2.24) is 4.57 Å². The summed E-state index contributed by atoms with van der Waals surface area (Å²) >= 11 is 1.19. The molecule has 1 unspecified atom stereocenters. The maximum atomic E-state index is 13.4. The Balaban J connectivity index is 1.71. The molecule has 0 aliphatic carbocycles. The molecule has 0 amide bonds. The highest BCUT2D eigenvalue weighted by Crippen LogP contribution is 2.38. The summed E-state index contributed by atoms with van der Waals surface area (Å²) in [5.74, 6) is 1.11. The van der Waals surface area contributed by atoms with Crippen LogP contribution in [0.1, 0.15) is 31.0 Å². The number of phenols is 1. The van der Waals surface area contributed by atoms with E-state index in [1.165, 1.54) is 29.1 Å². The fourth-order valence-corrected chi connectivity index (χ4v) is 5.11. The van der Waals surface area contributed by atoms with Crippen molar-refractivity contribution in [3.05, 3.63) is 72.8 Å². The number of phenolic OH excluding ortho intramolecular Hbond substituents is 1. The monoisotopic (exact) mass is 494 g/mol. The van der Waals surface area contributed by atoms with Crippen molar-refractivity contribution < 1.29 is 28.8 Å². The first-order chi connectivity index (χ1) is 16.9. The Morgan fingerprint density at radius 1 is 1.26 bits per heavy atom. The first-order valence-corrected chi connectivity index (χ1v) is 11.7. The molecule has 0 spiro atoms. The van der Waals surface area contributed by atoms with Crippen molar-refractivity contribution in [1.29, 1.82) is 0 Å². The van der Waals surface area contributed by atoms with E-state index in [0.717, 1.165) is 5.56 Å². The predicted molar refractivity (Wildman–Crippen MR) is 128 cm³/mol. The number of hydrogen-bond donors (Lipinski definition) is 1. The summed E-state index contributed by atoms with van der Waals surface area (Å²) in [6, 6.07) is 9.26. The average molecular weight is 495 g/mol. The molecule has 0 saturated heterocycles. The van der Waals surface area contributed by atoms with E-state index in [1.54, 1.807) is 44.2 Å². The molecule has 2 aliphatic rings. The van der Waals surface area contributed by atoms with E-state index in [4.69, 9.17) is 23.9 Å². The van der Waals surface area contributed by atoms with Crippen molar-refractivity contribution in [2.24, 2.45) is 4.99 Å². The molecule has 0 saturated carbocycles. The van der Waals surface area contributed by atoms with Crippen LogP contribution in [0.15, 0.2) is 51.8 Å². The van der Waals surface area contributed by atoms with Gasteiger partial charge in [0.25, 0.3) is 5.56 Å². The van der Waals surface area contributed by atoms with Crippen LogP contribution in [0.3, 0.4) is 0 Å². The molecule has 2 aromatic carbocycles. The number of ether oxygens (including phenoxy) is 4. The summed E-state index contributed by atoms with van der Waals surface area (Å²) < 4.78 is 23.2. The van der Waals surface area contributed by atoms with E-state index in [2.05, 4.69) is 0 Å². The zero-order valence-corrected chi connectivity index (χ0v) is 20.0. The summed E-state index contributed by atoms with van der Waals surface area (Å²) in [4.78, 5) is 31.5. The number of esters is 1. The van der Waals surface area contributed by atoms with E-state index in [9.17, 15) is 14.7 Å². The van der Waals surface area contributed by atoms with Crippen molar-refractivity contribution in [2.45, 2.75) is 19.9 Å². The van der Waals surface area contributed by atoms with Crippen LogP contribution in [0, 0.1) is 0 Å². The number of fused-ring (bicyclic) bond motifs is 2. The second-order valence-electron chi connectivity index (χ2n) is 7.82. The number of nitrogens with zero attached hydrogens (tertiary/aromatic N) is 2. The molecular formula is C25H22N2O7S. The molecule has 3 heterocycles. The van der Waals surface area contributed by atoms with Gasteiger partial charge in [0.15, 0.2) is 16.3 Å². The van der Waals surface area contributed by atoms with Gasteiger partial charge in [0, 0.05) is 11.3 Å². The third kappa shape index (κ3) is 3.95. The smallest absolute Gasteiger partial charge is 0.338 e. The van der Waals surface area contributed by atoms with Crippen LogP contribution >= 0.6 is 11.3 Å². The molecule has 0 bridgehead atoms. The lowest BCUT2D eigenvalue weighted by atomic mass is 9.95. The van der Waals surface area contributed by atoms with E-state index in [-0.39, 0.29) is 30.3 Å². The lowest BCUT2D eigenvalue weighted by molar-refractivity contribution is -0.138. The number of aromatic nitrogens is 1. The molecule has 1 aromatic heterocycles. The lowest BCUT2D eigenvalue weighted by Crippen LogP contribution is -2.35. The molecule has 1 atom stereocenters. The van der Waals surface area contributed by atoms with E-state index in [1.807, 2.05) is 6.07 Å². The number of allylic oxidation sites excluding steroid dienone is 1.